The number of methoxy groups -OCH3 is 1. The maximum absolute atomic E-state index is 5.83. The van der Waals surface area contributed by atoms with Gasteiger partial charge in [-0.2, -0.15) is 4.98 Å². The highest BCUT2D eigenvalue weighted by Crippen LogP contribution is 2.27. The predicted octanol–water partition coefficient (Wildman–Crippen LogP) is 4.49. The van der Waals surface area contributed by atoms with Crippen LogP contribution in [-0.4, -0.2) is 31.8 Å². The second-order valence-electron chi connectivity index (χ2n) is 6.64. The molecule has 3 aromatic heterocycles. The maximum atomic E-state index is 5.83. The summed E-state index contributed by atoms with van der Waals surface area (Å²) in [7, 11) is 3.60. The summed E-state index contributed by atoms with van der Waals surface area (Å²) in [5.41, 5.74) is 2.32. The Morgan fingerprint density at radius 3 is 2.73 bits per heavy atom. The second kappa shape index (κ2) is 7.32. The molecule has 5 rings (SSSR count). The average molecular weight is 399 g/mol. The third kappa shape index (κ3) is 3.35. The van der Waals surface area contributed by atoms with Crippen molar-refractivity contribution in [1.82, 2.24) is 24.7 Å². The molecule has 148 valence electrons. The monoisotopic (exact) mass is 399 g/mol. The van der Waals surface area contributed by atoms with E-state index in [9.17, 15) is 0 Å². The van der Waals surface area contributed by atoms with E-state index in [4.69, 9.17) is 14.0 Å². The Bertz CT molecular complexity index is 1320. The minimum atomic E-state index is 0.275. The van der Waals surface area contributed by atoms with Gasteiger partial charge in [0.2, 0.25) is 11.7 Å². The summed E-state index contributed by atoms with van der Waals surface area (Å²) < 4.78 is 18.4. The predicted molar refractivity (Wildman–Crippen MR) is 110 cm³/mol. The minimum absolute atomic E-state index is 0.275. The van der Waals surface area contributed by atoms with Gasteiger partial charge in [0.1, 0.15) is 17.2 Å². The molecule has 0 radical (unpaired) electrons. The first kappa shape index (κ1) is 17.9. The van der Waals surface area contributed by atoms with Gasteiger partial charge in [-0.05, 0) is 35.7 Å². The van der Waals surface area contributed by atoms with Crippen molar-refractivity contribution in [2.45, 2.75) is 0 Å². The van der Waals surface area contributed by atoms with Crippen molar-refractivity contribution in [3.8, 4) is 40.4 Å². The van der Waals surface area contributed by atoms with Crippen LogP contribution >= 0.6 is 0 Å². The number of rotatable bonds is 5. The van der Waals surface area contributed by atoms with Crippen LogP contribution in [0.3, 0.4) is 0 Å². The zero-order chi connectivity index (χ0) is 20.5. The van der Waals surface area contributed by atoms with Gasteiger partial charge in [0.25, 0.3) is 5.89 Å². The summed E-state index contributed by atoms with van der Waals surface area (Å²) in [4.78, 5) is 13.1. The lowest BCUT2D eigenvalue weighted by atomic mass is 10.2. The Morgan fingerprint density at radius 2 is 1.90 bits per heavy atom. The summed E-state index contributed by atoms with van der Waals surface area (Å²) >= 11 is 0. The van der Waals surface area contributed by atoms with Crippen molar-refractivity contribution in [2.75, 3.05) is 7.11 Å². The third-order valence-electron chi connectivity index (χ3n) is 4.68. The number of hydrogen-bond donors (Lipinski definition) is 0. The van der Waals surface area contributed by atoms with Gasteiger partial charge in [-0.1, -0.05) is 17.3 Å². The molecule has 2 aromatic carbocycles. The van der Waals surface area contributed by atoms with Crippen LogP contribution in [0.4, 0.5) is 0 Å². The molecule has 5 aromatic rings. The molecule has 30 heavy (non-hydrogen) atoms. The molecule has 0 bridgehead atoms. The van der Waals surface area contributed by atoms with E-state index in [2.05, 4.69) is 26.2 Å². The van der Waals surface area contributed by atoms with Crippen molar-refractivity contribution in [1.29, 1.82) is 0 Å². The molecule has 3 heterocycles. The van der Waals surface area contributed by atoms with Crippen LogP contribution in [0, 0.1) is 0 Å². The van der Waals surface area contributed by atoms with E-state index in [1.54, 1.807) is 13.3 Å². The number of fused-ring (bicyclic) bond motifs is 1. The fourth-order valence-corrected chi connectivity index (χ4v) is 3.11. The third-order valence-corrected chi connectivity index (χ3v) is 4.68. The van der Waals surface area contributed by atoms with Gasteiger partial charge in [-0.25, -0.2) is 9.97 Å². The Hall–Kier alpha value is -4.20. The highest BCUT2D eigenvalue weighted by atomic mass is 16.5. The number of nitrogens with zero attached hydrogens (tertiary/aromatic N) is 5. The van der Waals surface area contributed by atoms with Crippen LogP contribution < -0.4 is 9.47 Å². The zero-order valence-corrected chi connectivity index (χ0v) is 16.3. The number of ether oxygens (including phenoxy) is 2. The zero-order valence-electron chi connectivity index (χ0n) is 16.3. The van der Waals surface area contributed by atoms with E-state index in [0.717, 1.165) is 16.5 Å². The van der Waals surface area contributed by atoms with Gasteiger partial charge in [0.15, 0.2) is 0 Å². The first-order chi connectivity index (χ1) is 14.7. The molecule has 0 aliphatic heterocycles. The first-order valence-electron chi connectivity index (χ1n) is 9.23. The molecule has 8 heteroatoms. The van der Waals surface area contributed by atoms with Crippen molar-refractivity contribution in [2.24, 2.45) is 7.05 Å². The van der Waals surface area contributed by atoms with Crippen LogP contribution in [0.5, 0.6) is 17.4 Å². The lowest BCUT2D eigenvalue weighted by molar-refractivity contribution is 0.414. The van der Waals surface area contributed by atoms with Gasteiger partial charge >= 0.3 is 0 Å². The van der Waals surface area contributed by atoms with Crippen LogP contribution in [0.15, 0.2) is 71.6 Å². The summed E-state index contributed by atoms with van der Waals surface area (Å²) in [5.74, 6) is 2.50. The summed E-state index contributed by atoms with van der Waals surface area (Å²) in [5, 5.41) is 5.17. The van der Waals surface area contributed by atoms with E-state index in [-0.39, 0.29) is 5.89 Å². The molecule has 0 unspecified atom stereocenters. The standard InChI is InChI=1S/C22H17N5O3/c1-27-9-8-14-6-7-17(11-19(14)27)29-20-13-23-18(12-24-20)22-25-21(26-30-22)15-4-3-5-16(10-15)28-2/h3-13H,1-2H3. The maximum Gasteiger partial charge on any atom is 0.278 e. The van der Waals surface area contributed by atoms with E-state index in [0.29, 0.717) is 28.9 Å². The Labute approximate surface area is 171 Å². The molecular formula is C22H17N5O3. The van der Waals surface area contributed by atoms with Crippen LogP contribution in [0.25, 0.3) is 33.9 Å². The largest absolute Gasteiger partial charge is 0.497 e. The molecule has 0 saturated heterocycles. The number of hydrogen-bond acceptors (Lipinski definition) is 7. The lowest BCUT2D eigenvalue weighted by Gasteiger charge is -2.05. The van der Waals surface area contributed by atoms with Gasteiger partial charge in [-0.3, -0.25) is 0 Å². The Morgan fingerprint density at radius 1 is 0.967 bits per heavy atom. The van der Waals surface area contributed by atoms with Crippen LogP contribution in [0.1, 0.15) is 0 Å². The van der Waals surface area contributed by atoms with E-state index in [1.807, 2.05) is 60.3 Å². The normalized spacial score (nSPS) is 11.0. The number of benzene rings is 2. The fraction of sp³-hybridized carbons (Fsp3) is 0.0909. The van der Waals surface area contributed by atoms with Gasteiger partial charge in [-0.15, -0.1) is 0 Å². The molecule has 0 fully saturated rings. The molecule has 0 N–H and O–H groups in total. The highest BCUT2D eigenvalue weighted by molar-refractivity contribution is 5.81. The molecule has 0 spiro atoms. The van der Waals surface area contributed by atoms with Crippen molar-refractivity contribution in [3.63, 3.8) is 0 Å². The van der Waals surface area contributed by atoms with E-state index in [1.165, 1.54) is 6.20 Å². The summed E-state index contributed by atoms with van der Waals surface area (Å²) in [6.07, 6.45) is 5.08. The van der Waals surface area contributed by atoms with Gasteiger partial charge < -0.3 is 18.6 Å². The molecule has 8 nitrogen and oxygen atoms in total. The highest BCUT2D eigenvalue weighted by Gasteiger charge is 2.13. The van der Waals surface area contributed by atoms with Gasteiger partial charge in [0, 0.05) is 24.9 Å². The molecule has 0 amide bonds. The first-order valence-corrected chi connectivity index (χ1v) is 9.23. The van der Waals surface area contributed by atoms with Crippen LogP contribution in [0.2, 0.25) is 0 Å². The SMILES string of the molecule is COc1cccc(-c2noc(-c3cnc(Oc4ccc5ccn(C)c5c4)cn3)n2)c1. The number of aryl methyl sites for hydroxylation is 1. The van der Waals surface area contributed by atoms with Crippen molar-refractivity contribution >= 4 is 10.9 Å². The Balaban J connectivity index is 1.35. The lowest BCUT2D eigenvalue weighted by Crippen LogP contribution is -1.92. The second-order valence-corrected chi connectivity index (χ2v) is 6.64. The van der Waals surface area contributed by atoms with E-state index < -0.39 is 0 Å². The smallest absolute Gasteiger partial charge is 0.278 e. The molecule has 0 aliphatic rings. The minimum Gasteiger partial charge on any atom is -0.497 e. The van der Waals surface area contributed by atoms with Crippen molar-refractivity contribution < 1.29 is 14.0 Å². The summed E-state index contributed by atoms with van der Waals surface area (Å²) in [6, 6.07) is 15.3. The molecular weight excluding hydrogens is 382 g/mol. The van der Waals surface area contributed by atoms with Crippen molar-refractivity contribution in [3.05, 3.63) is 67.1 Å². The van der Waals surface area contributed by atoms with E-state index >= 15 is 0 Å². The summed E-state index contributed by atoms with van der Waals surface area (Å²) in [6.45, 7) is 0. The molecule has 0 aliphatic carbocycles. The Kier molecular flexibility index (Phi) is 4.36. The molecule has 0 saturated carbocycles. The quantitative estimate of drug-likeness (QED) is 0.430. The van der Waals surface area contributed by atoms with Gasteiger partial charge in [0.05, 0.1) is 25.0 Å². The average Bonchev–Trinajstić information content (AvgIpc) is 3.42. The topological polar surface area (TPSA) is 88.1 Å². The molecule has 0 atom stereocenters. The fourth-order valence-electron chi connectivity index (χ4n) is 3.11. The van der Waals surface area contributed by atoms with Crippen LogP contribution in [-0.2, 0) is 7.05 Å². The number of aromatic nitrogens is 5.